The fourth-order valence-corrected chi connectivity index (χ4v) is 3.03. The summed E-state index contributed by atoms with van der Waals surface area (Å²) in [6.45, 7) is 0.370. The number of aromatic nitrogens is 4. The fourth-order valence-electron chi connectivity index (χ4n) is 3.03. The monoisotopic (exact) mass is 515 g/mol. The maximum absolute atomic E-state index is 12.4. The number of fused-ring (bicyclic) bond motifs is 1. The number of amides is 2. The standard InChI is InChI=1S/C20H22N8O5.CH3NO2/c1-28(9-11-8-23-17-15(24-11)16(21)26-20(22)27-17)12-4-2-10(3-5-12)18(31)25-13(19(32)33)6-7-14(29)30;2-1(3)4/h2-5,8,13H,6-7,9H2,1H3,(H,25,31)(H,29,30)(H,32,33)(H4,21,22,23,26,27);2H2,(H,3,4). The van der Waals surface area contributed by atoms with Crippen molar-refractivity contribution in [1.82, 2.24) is 25.3 Å². The predicted molar refractivity (Wildman–Crippen MR) is 130 cm³/mol. The van der Waals surface area contributed by atoms with E-state index in [0.29, 0.717) is 23.4 Å². The Hall–Kier alpha value is -5.28. The summed E-state index contributed by atoms with van der Waals surface area (Å²) in [6.07, 6.45) is -0.369. The maximum atomic E-state index is 12.4. The van der Waals surface area contributed by atoms with E-state index in [9.17, 15) is 19.5 Å². The van der Waals surface area contributed by atoms with Crippen LogP contribution in [0, 0.1) is 0 Å². The predicted octanol–water partition coefficient (Wildman–Crippen LogP) is -0.108. The van der Waals surface area contributed by atoms with Crippen molar-refractivity contribution in [2.75, 3.05) is 23.4 Å². The van der Waals surface area contributed by atoms with E-state index in [4.69, 9.17) is 26.5 Å². The van der Waals surface area contributed by atoms with Crippen LogP contribution >= 0.6 is 0 Å². The van der Waals surface area contributed by atoms with Crippen molar-refractivity contribution in [3.8, 4) is 0 Å². The lowest BCUT2D eigenvalue weighted by Gasteiger charge is -2.19. The van der Waals surface area contributed by atoms with Crippen LogP contribution in [0.2, 0.25) is 0 Å². The fraction of sp³-hybridized carbons (Fsp3) is 0.238. The summed E-state index contributed by atoms with van der Waals surface area (Å²) in [6, 6.07) is 5.16. The van der Waals surface area contributed by atoms with Gasteiger partial charge < -0.3 is 42.7 Å². The number of anilines is 3. The van der Waals surface area contributed by atoms with Gasteiger partial charge in [0.2, 0.25) is 5.95 Å². The summed E-state index contributed by atoms with van der Waals surface area (Å²) in [4.78, 5) is 61.5. The molecule has 0 saturated carbocycles. The van der Waals surface area contributed by atoms with Crippen LogP contribution in [0.3, 0.4) is 0 Å². The van der Waals surface area contributed by atoms with E-state index in [1.54, 1.807) is 18.3 Å². The number of carbonyl (C=O) groups excluding carboxylic acids is 1. The van der Waals surface area contributed by atoms with Gasteiger partial charge in [-0.3, -0.25) is 9.59 Å². The van der Waals surface area contributed by atoms with Crippen LogP contribution in [0.1, 0.15) is 28.9 Å². The molecule has 0 aliphatic heterocycles. The Morgan fingerprint density at radius 3 is 2.22 bits per heavy atom. The molecule has 0 radical (unpaired) electrons. The van der Waals surface area contributed by atoms with E-state index in [1.165, 1.54) is 12.1 Å². The second-order valence-corrected chi connectivity index (χ2v) is 7.54. The first-order chi connectivity index (χ1) is 17.4. The van der Waals surface area contributed by atoms with Gasteiger partial charge in [0.25, 0.3) is 5.91 Å². The number of carbonyl (C=O) groups is 4. The van der Waals surface area contributed by atoms with Crippen LogP contribution in [0.5, 0.6) is 0 Å². The number of nitrogens with two attached hydrogens (primary N) is 3. The molecule has 3 rings (SSSR count). The van der Waals surface area contributed by atoms with Gasteiger partial charge in [-0.1, -0.05) is 0 Å². The Morgan fingerprint density at radius 1 is 1.03 bits per heavy atom. The molecule has 1 unspecified atom stereocenters. The molecule has 2 heterocycles. The summed E-state index contributed by atoms with van der Waals surface area (Å²) in [5, 5.41) is 27.4. The summed E-state index contributed by atoms with van der Waals surface area (Å²) in [5.74, 6) is -2.91. The molecule has 16 heteroatoms. The number of nitrogens with zero attached hydrogens (tertiary/aromatic N) is 5. The molecule has 3 aromatic rings. The molecule has 37 heavy (non-hydrogen) atoms. The van der Waals surface area contributed by atoms with Crippen molar-refractivity contribution in [2.45, 2.75) is 25.4 Å². The lowest BCUT2D eigenvalue weighted by atomic mass is 10.1. The third-order valence-corrected chi connectivity index (χ3v) is 4.72. The minimum Gasteiger partial charge on any atom is -0.481 e. The van der Waals surface area contributed by atoms with Crippen molar-refractivity contribution in [3.63, 3.8) is 0 Å². The van der Waals surface area contributed by atoms with Crippen LogP contribution < -0.4 is 27.4 Å². The van der Waals surface area contributed by atoms with Crippen LogP contribution in [0.25, 0.3) is 11.2 Å². The highest BCUT2D eigenvalue weighted by Gasteiger charge is 2.21. The summed E-state index contributed by atoms with van der Waals surface area (Å²) >= 11 is 0. The number of carboxylic acid groups (broad SMARTS) is 3. The zero-order chi connectivity index (χ0) is 27.7. The average Bonchev–Trinajstić information content (AvgIpc) is 2.81. The molecule has 0 aliphatic rings. The molecule has 0 spiro atoms. The number of carboxylic acids is 2. The molecule has 0 bridgehead atoms. The number of nitrogen functional groups attached to an aromatic ring is 2. The molecule has 1 atom stereocenters. The van der Waals surface area contributed by atoms with Gasteiger partial charge >= 0.3 is 18.0 Å². The maximum Gasteiger partial charge on any atom is 0.402 e. The Kier molecular flexibility index (Phi) is 9.39. The molecular weight excluding hydrogens is 490 g/mol. The van der Waals surface area contributed by atoms with Crippen LogP contribution in [0.4, 0.5) is 22.2 Å². The van der Waals surface area contributed by atoms with E-state index in [1.807, 2.05) is 11.9 Å². The van der Waals surface area contributed by atoms with Crippen molar-refractivity contribution in [3.05, 3.63) is 41.7 Å². The number of aliphatic carboxylic acids is 2. The molecule has 10 N–H and O–H groups in total. The third-order valence-electron chi connectivity index (χ3n) is 4.72. The van der Waals surface area contributed by atoms with Gasteiger partial charge in [0.15, 0.2) is 17.0 Å². The summed E-state index contributed by atoms with van der Waals surface area (Å²) in [7, 11) is 1.82. The first-order valence-electron chi connectivity index (χ1n) is 10.5. The van der Waals surface area contributed by atoms with Gasteiger partial charge in [-0.05, 0) is 30.7 Å². The first kappa shape index (κ1) is 28.0. The van der Waals surface area contributed by atoms with E-state index >= 15 is 0 Å². The Morgan fingerprint density at radius 2 is 1.65 bits per heavy atom. The largest absolute Gasteiger partial charge is 0.481 e. The Bertz CT molecular complexity index is 1300. The zero-order valence-corrected chi connectivity index (χ0v) is 19.5. The number of hydrogen-bond donors (Lipinski definition) is 7. The number of nitrogens with one attached hydrogen (secondary N) is 1. The molecular formula is C21H25N9O7. The van der Waals surface area contributed by atoms with E-state index in [0.717, 1.165) is 5.69 Å². The molecule has 0 aliphatic carbocycles. The molecule has 0 saturated heterocycles. The third kappa shape index (κ3) is 8.46. The lowest BCUT2D eigenvalue weighted by Crippen LogP contribution is -2.41. The van der Waals surface area contributed by atoms with Crippen LogP contribution in [-0.2, 0) is 16.1 Å². The smallest absolute Gasteiger partial charge is 0.402 e. The molecule has 0 fully saturated rings. The molecule has 1 aromatic carbocycles. The van der Waals surface area contributed by atoms with Gasteiger partial charge in [0.1, 0.15) is 6.04 Å². The minimum atomic E-state index is -1.33. The highest BCUT2D eigenvalue weighted by atomic mass is 16.4. The summed E-state index contributed by atoms with van der Waals surface area (Å²) < 4.78 is 0. The second-order valence-electron chi connectivity index (χ2n) is 7.54. The zero-order valence-electron chi connectivity index (χ0n) is 19.5. The Balaban J connectivity index is 0.00000112. The second kappa shape index (κ2) is 12.4. The molecule has 2 amide bonds. The van der Waals surface area contributed by atoms with Crippen molar-refractivity contribution >= 4 is 52.6 Å². The van der Waals surface area contributed by atoms with Crippen LogP contribution in [-0.4, -0.2) is 72.3 Å². The van der Waals surface area contributed by atoms with E-state index in [-0.39, 0.29) is 30.2 Å². The SMILES string of the molecule is CN(Cc1cnc2nc(N)nc(N)c2n1)c1ccc(C(=O)NC(CCC(=O)O)C(=O)O)cc1.NC(=O)O. The summed E-state index contributed by atoms with van der Waals surface area (Å²) in [5.41, 5.74) is 17.7. The highest BCUT2D eigenvalue weighted by molar-refractivity contribution is 5.97. The quantitative estimate of drug-likeness (QED) is 0.196. The number of rotatable bonds is 9. The van der Waals surface area contributed by atoms with Crippen LogP contribution in [0.15, 0.2) is 30.5 Å². The molecule has 16 nitrogen and oxygen atoms in total. The minimum absolute atomic E-state index is 0.0138. The first-order valence-corrected chi connectivity index (χ1v) is 10.5. The normalized spacial score (nSPS) is 11.1. The highest BCUT2D eigenvalue weighted by Crippen LogP contribution is 2.19. The van der Waals surface area contributed by atoms with Gasteiger partial charge in [0, 0.05) is 24.7 Å². The van der Waals surface area contributed by atoms with Gasteiger partial charge in [-0.25, -0.2) is 19.6 Å². The molecule has 2 aromatic heterocycles. The molecule has 196 valence electrons. The topological polar surface area (TPSA) is 274 Å². The van der Waals surface area contributed by atoms with Crippen molar-refractivity contribution in [2.24, 2.45) is 5.73 Å². The van der Waals surface area contributed by atoms with Crippen molar-refractivity contribution < 1.29 is 34.5 Å². The van der Waals surface area contributed by atoms with Gasteiger partial charge in [0.05, 0.1) is 18.4 Å². The van der Waals surface area contributed by atoms with E-state index < -0.39 is 30.0 Å². The van der Waals surface area contributed by atoms with Gasteiger partial charge in [-0.2, -0.15) is 9.97 Å². The number of hydrogen-bond acceptors (Lipinski definition) is 11. The average molecular weight is 515 g/mol. The van der Waals surface area contributed by atoms with Gasteiger partial charge in [-0.15, -0.1) is 0 Å². The number of benzene rings is 1. The van der Waals surface area contributed by atoms with E-state index in [2.05, 4.69) is 31.0 Å². The number of primary amides is 1. The lowest BCUT2D eigenvalue weighted by molar-refractivity contribution is -0.140. The van der Waals surface area contributed by atoms with Crippen molar-refractivity contribution in [1.29, 1.82) is 0 Å². The Labute approximate surface area is 209 Å².